The third-order valence-electron chi connectivity index (χ3n) is 2.88. The molecule has 0 saturated carbocycles. The minimum atomic E-state index is -0.706. The summed E-state index contributed by atoms with van der Waals surface area (Å²) in [5, 5.41) is 11.3. The average molecular weight is 304 g/mol. The minimum Gasteiger partial charge on any atom is -0.457 e. The van der Waals surface area contributed by atoms with Crippen molar-refractivity contribution in [1.82, 2.24) is 4.98 Å². The highest BCUT2D eigenvalue weighted by Crippen LogP contribution is 2.30. The number of hydrogen-bond donors (Lipinski definition) is 1. The molecule has 1 unspecified atom stereocenters. The number of halogens is 1. The number of pyridine rings is 1. The van der Waals surface area contributed by atoms with Crippen LogP contribution in [0, 0.1) is 0 Å². The van der Waals surface area contributed by atoms with Gasteiger partial charge < -0.3 is 9.52 Å². The Kier molecular flexibility index (Phi) is 2.89. The van der Waals surface area contributed by atoms with Crippen LogP contribution in [0.2, 0.25) is 0 Å². The maximum atomic E-state index is 10.3. The van der Waals surface area contributed by atoms with Crippen molar-refractivity contribution in [2.45, 2.75) is 6.10 Å². The SMILES string of the molecule is OC(c1ccc2ncccc2c1)c1ccoc1Br. The Morgan fingerprint density at radius 1 is 1.22 bits per heavy atom. The molecule has 0 saturated heterocycles. The third kappa shape index (κ3) is 1.94. The van der Waals surface area contributed by atoms with E-state index in [1.54, 1.807) is 18.5 Å². The van der Waals surface area contributed by atoms with Crippen molar-refractivity contribution in [3.63, 3.8) is 0 Å². The van der Waals surface area contributed by atoms with Gasteiger partial charge in [0.05, 0.1) is 11.8 Å². The summed E-state index contributed by atoms with van der Waals surface area (Å²) >= 11 is 3.27. The highest BCUT2D eigenvalue weighted by Gasteiger charge is 2.16. The normalized spacial score (nSPS) is 12.8. The van der Waals surface area contributed by atoms with E-state index in [1.165, 1.54) is 0 Å². The highest BCUT2D eigenvalue weighted by molar-refractivity contribution is 9.10. The Bertz CT molecular complexity index is 693. The molecule has 3 aromatic rings. The molecule has 0 amide bonds. The molecule has 1 atom stereocenters. The van der Waals surface area contributed by atoms with Gasteiger partial charge in [0.15, 0.2) is 4.67 Å². The van der Waals surface area contributed by atoms with E-state index in [9.17, 15) is 5.11 Å². The second-order valence-corrected chi connectivity index (χ2v) is 4.73. The summed E-state index contributed by atoms with van der Waals surface area (Å²) in [6.45, 7) is 0. The summed E-state index contributed by atoms with van der Waals surface area (Å²) in [4.78, 5) is 4.25. The van der Waals surface area contributed by atoms with Crippen LogP contribution in [-0.4, -0.2) is 10.1 Å². The number of aromatic nitrogens is 1. The number of benzene rings is 1. The summed E-state index contributed by atoms with van der Waals surface area (Å²) in [5.74, 6) is 0. The first-order chi connectivity index (χ1) is 8.75. The first kappa shape index (κ1) is 11.4. The summed E-state index contributed by atoms with van der Waals surface area (Å²) in [5.41, 5.74) is 2.45. The zero-order chi connectivity index (χ0) is 12.5. The van der Waals surface area contributed by atoms with Gasteiger partial charge in [-0.1, -0.05) is 12.1 Å². The average Bonchev–Trinajstić information content (AvgIpc) is 2.83. The predicted molar refractivity (Wildman–Crippen MR) is 72.2 cm³/mol. The van der Waals surface area contributed by atoms with Crippen molar-refractivity contribution in [3.8, 4) is 0 Å². The monoisotopic (exact) mass is 303 g/mol. The van der Waals surface area contributed by atoms with Crippen LogP contribution in [0.3, 0.4) is 0 Å². The minimum absolute atomic E-state index is 0.557. The van der Waals surface area contributed by atoms with E-state index in [1.807, 2.05) is 30.3 Å². The number of hydrogen-bond acceptors (Lipinski definition) is 3. The number of aliphatic hydroxyl groups is 1. The van der Waals surface area contributed by atoms with Crippen molar-refractivity contribution in [2.24, 2.45) is 0 Å². The lowest BCUT2D eigenvalue weighted by Crippen LogP contribution is -1.98. The lowest BCUT2D eigenvalue weighted by molar-refractivity contribution is 0.218. The second-order valence-electron chi connectivity index (χ2n) is 4.01. The molecule has 4 heteroatoms. The van der Waals surface area contributed by atoms with Crippen molar-refractivity contribution in [3.05, 3.63) is 64.7 Å². The molecule has 2 aromatic heterocycles. The summed E-state index contributed by atoms with van der Waals surface area (Å²) < 4.78 is 5.70. The molecule has 1 N–H and O–H groups in total. The zero-order valence-electron chi connectivity index (χ0n) is 9.38. The lowest BCUT2D eigenvalue weighted by Gasteiger charge is -2.10. The fourth-order valence-electron chi connectivity index (χ4n) is 1.94. The number of rotatable bonds is 2. The quantitative estimate of drug-likeness (QED) is 0.785. The Balaban J connectivity index is 2.07. The van der Waals surface area contributed by atoms with Gasteiger partial charge in [0.2, 0.25) is 0 Å². The van der Waals surface area contributed by atoms with Crippen molar-refractivity contribution < 1.29 is 9.52 Å². The smallest absolute Gasteiger partial charge is 0.175 e. The maximum absolute atomic E-state index is 10.3. The molecule has 3 nitrogen and oxygen atoms in total. The van der Waals surface area contributed by atoms with Gasteiger partial charge in [0.25, 0.3) is 0 Å². The summed E-state index contributed by atoms with van der Waals surface area (Å²) in [6, 6.07) is 11.3. The van der Waals surface area contributed by atoms with E-state index >= 15 is 0 Å². The van der Waals surface area contributed by atoms with E-state index in [4.69, 9.17) is 4.42 Å². The molecule has 0 aliphatic heterocycles. The van der Waals surface area contributed by atoms with E-state index in [-0.39, 0.29) is 0 Å². The van der Waals surface area contributed by atoms with Gasteiger partial charge in [-0.2, -0.15) is 0 Å². The third-order valence-corrected chi connectivity index (χ3v) is 3.53. The van der Waals surface area contributed by atoms with Gasteiger partial charge in [-0.15, -0.1) is 0 Å². The molecular formula is C14H10BrNO2. The molecule has 0 aliphatic rings. The molecule has 0 fully saturated rings. The van der Waals surface area contributed by atoms with E-state index in [0.717, 1.165) is 22.0 Å². The van der Waals surface area contributed by atoms with Gasteiger partial charge in [0.1, 0.15) is 6.10 Å². The topological polar surface area (TPSA) is 46.3 Å². The molecule has 90 valence electrons. The summed E-state index contributed by atoms with van der Waals surface area (Å²) in [7, 11) is 0. The van der Waals surface area contributed by atoms with Crippen LogP contribution in [0.4, 0.5) is 0 Å². The van der Waals surface area contributed by atoms with Gasteiger partial charge >= 0.3 is 0 Å². The molecule has 2 heterocycles. The van der Waals surface area contributed by atoms with Gasteiger partial charge in [-0.25, -0.2) is 0 Å². The highest BCUT2D eigenvalue weighted by atomic mass is 79.9. The first-order valence-electron chi connectivity index (χ1n) is 5.51. The van der Waals surface area contributed by atoms with Crippen LogP contribution in [0.5, 0.6) is 0 Å². The van der Waals surface area contributed by atoms with Crippen LogP contribution >= 0.6 is 15.9 Å². The molecule has 0 radical (unpaired) electrons. The molecule has 1 aromatic carbocycles. The zero-order valence-corrected chi connectivity index (χ0v) is 11.0. The van der Waals surface area contributed by atoms with Crippen LogP contribution in [0.1, 0.15) is 17.2 Å². The van der Waals surface area contributed by atoms with Crippen molar-refractivity contribution in [1.29, 1.82) is 0 Å². The fraction of sp³-hybridized carbons (Fsp3) is 0.0714. The van der Waals surface area contributed by atoms with E-state index < -0.39 is 6.10 Å². The number of nitrogens with zero attached hydrogens (tertiary/aromatic N) is 1. The van der Waals surface area contributed by atoms with Gasteiger partial charge in [0, 0.05) is 17.1 Å². The second kappa shape index (κ2) is 4.55. The van der Waals surface area contributed by atoms with Gasteiger partial charge in [-0.05, 0) is 45.8 Å². The van der Waals surface area contributed by atoms with E-state index in [0.29, 0.717) is 4.67 Å². The molecule has 0 spiro atoms. The molecule has 3 rings (SSSR count). The largest absolute Gasteiger partial charge is 0.457 e. The number of fused-ring (bicyclic) bond motifs is 1. The summed E-state index contributed by atoms with van der Waals surface area (Å²) in [6.07, 6.45) is 2.60. The molecular weight excluding hydrogens is 294 g/mol. The van der Waals surface area contributed by atoms with Gasteiger partial charge in [-0.3, -0.25) is 4.98 Å². The van der Waals surface area contributed by atoms with Crippen LogP contribution in [0.25, 0.3) is 10.9 Å². The molecule has 0 bridgehead atoms. The van der Waals surface area contributed by atoms with Crippen LogP contribution in [0.15, 0.2) is 57.9 Å². The molecule has 0 aliphatic carbocycles. The Morgan fingerprint density at radius 3 is 2.89 bits per heavy atom. The number of furan rings is 1. The lowest BCUT2D eigenvalue weighted by atomic mass is 10.0. The van der Waals surface area contributed by atoms with E-state index in [2.05, 4.69) is 20.9 Å². The van der Waals surface area contributed by atoms with Crippen molar-refractivity contribution >= 4 is 26.8 Å². The molecule has 18 heavy (non-hydrogen) atoms. The Hall–Kier alpha value is -1.65. The fourth-order valence-corrected chi connectivity index (χ4v) is 2.40. The Labute approximate surface area is 112 Å². The predicted octanol–water partition coefficient (Wildman–Crippen LogP) is 3.67. The van der Waals surface area contributed by atoms with Crippen LogP contribution < -0.4 is 0 Å². The first-order valence-corrected chi connectivity index (χ1v) is 6.30. The van der Waals surface area contributed by atoms with Crippen molar-refractivity contribution in [2.75, 3.05) is 0 Å². The Morgan fingerprint density at radius 2 is 2.11 bits per heavy atom. The number of aliphatic hydroxyl groups excluding tert-OH is 1. The van der Waals surface area contributed by atoms with Crippen LogP contribution in [-0.2, 0) is 0 Å². The standard InChI is InChI=1S/C14H10BrNO2/c15-14-11(5-7-18-14)13(17)10-3-4-12-9(8-10)2-1-6-16-12/h1-8,13,17H. The maximum Gasteiger partial charge on any atom is 0.175 e.